The zero-order valence-corrected chi connectivity index (χ0v) is 15.5. The molecule has 22 heavy (non-hydrogen) atoms. The Labute approximate surface area is 135 Å². The van der Waals surface area contributed by atoms with Crippen molar-refractivity contribution in [3.05, 3.63) is 11.1 Å². The van der Waals surface area contributed by atoms with Crippen molar-refractivity contribution < 1.29 is 9.59 Å². The van der Waals surface area contributed by atoms with E-state index in [9.17, 15) is 9.59 Å². The van der Waals surface area contributed by atoms with Gasteiger partial charge in [-0.15, -0.1) is 0 Å². The molecule has 0 fully saturated rings. The van der Waals surface area contributed by atoms with Crippen LogP contribution in [0.5, 0.6) is 0 Å². The van der Waals surface area contributed by atoms with Gasteiger partial charge in [0, 0.05) is 25.7 Å². The first-order chi connectivity index (χ1) is 9.91. The van der Waals surface area contributed by atoms with Crippen molar-refractivity contribution >= 4 is 11.9 Å². The lowest BCUT2D eigenvalue weighted by Gasteiger charge is -2.32. The lowest BCUT2D eigenvalue weighted by molar-refractivity contribution is -0.125. The highest BCUT2D eigenvalue weighted by Crippen LogP contribution is 2.39. The number of unbranched alkanes of at least 4 members (excludes halogenated alkanes) is 1. The zero-order chi connectivity index (χ0) is 17.3. The van der Waals surface area contributed by atoms with Crippen LogP contribution >= 0.6 is 0 Å². The molecule has 0 atom stereocenters. The van der Waals surface area contributed by atoms with E-state index in [0.29, 0.717) is 13.1 Å². The lowest BCUT2D eigenvalue weighted by atomic mass is 9.74. The Morgan fingerprint density at radius 2 is 1.55 bits per heavy atom. The number of carbonyl (C=O) groups excluding carboxylic acids is 2. The summed E-state index contributed by atoms with van der Waals surface area (Å²) >= 11 is 0. The van der Waals surface area contributed by atoms with E-state index in [1.165, 1.54) is 4.90 Å². The number of urea groups is 1. The number of nitrogens with zero attached hydrogens (tertiary/aromatic N) is 2. The van der Waals surface area contributed by atoms with Crippen molar-refractivity contribution in [2.45, 2.75) is 61.3 Å². The number of likely N-dealkylation sites (N-methyl/N-ethyl adjacent to an activating group) is 1. The molecule has 0 aromatic rings. The number of hydrogen-bond acceptors (Lipinski definition) is 2. The first kappa shape index (κ1) is 18.7. The minimum absolute atomic E-state index is 0.111. The summed E-state index contributed by atoms with van der Waals surface area (Å²) in [6.45, 7) is 15.6. The highest BCUT2D eigenvalue weighted by molar-refractivity contribution is 6.06. The third-order valence-corrected chi connectivity index (χ3v) is 4.10. The van der Waals surface area contributed by atoms with Crippen LogP contribution in [-0.4, -0.2) is 41.9 Å². The second-order valence-corrected chi connectivity index (χ2v) is 8.30. The minimum Gasteiger partial charge on any atom is -0.323 e. The van der Waals surface area contributed by atoms with Gasteiger partial charge in [0.05, 0.1) is 0 Å². The molecular weight excluding hydrogens is 276 g/mol. The fourth-order valence-corrected chi connectivity index (χ4v) is 2.84. The van der Waals surface area contributed by atoms with Crippen LogP contribution in [0.25, 0.3) is 0 Å². The lowest BCUT2D eigenvalue weighted by Crippen LogP contribution is -2.44. The van der Waals surface area contributed by atoms with Gasteiger partial charge in [-0.1, -0.05) is 54.9 Å². The third kappa shape index (κ3) is 3.90. The van der Waals surface area contributed by atoms with Gasteiger partial charge >= 0.3 is 6.03 Å². The first-order valence-electron chi connectivity index (χ1n) is 8.22. The third-order valence-electron chi connectivity index (χ3n) is 4.10. The molecule has 126 valence electrons. The predicted molar refractivity (Wildman–Crippen MR) is 90.6 cm³/mol. The summed E-state index contributed by atoms with van der Waals surface area (Å²) in [4.78, 5) is 28.8. The van der Waals surface area contributed by atoms with Crippen molar-refractivity contribution in [3.8, 4) is 0 Å². The van der Waals surface area contributed by atoms with Gasteiger partial charge in [-0.05, 0) is 22.8 Å². The van der Waals surface area contributed by atoms with Crippen LogP contribution in [0.15, 0.2) is 11.1 Å². The van der Waals surface area contributed by atoms with Gasteiger partial charge in [-0.25, -0.2) is 4.79 Å². The van der Waals surface area contributed by atoms with Gasteiger partial charge in [0.15, 0.2) is 0 Å². The molecule has 1 aliphatic heterocycles. The van der Waals surface area contributed by atoms with E-state index in [1.807, 2.05) is 0 Å². The summed E-state index contributed by atoms with van der Waals surface area (Å²) in [5, 5.41) is 0. The molecule has 0 saturated carbocycles. The van der Waals surface area contributed by atoms with Crippen LogP contribution in [0.1, 0.15) is 61.3 Å². The molecule has 4 nitrogen and oxygen atoms in total. The fourth-order valence-electron chi connectivity index (χ4n) is 2.84. The zero-order valence-electron chi connectivity index (χ0n) is 15.5. The molecule has 1 rings (SSSR count). The number of amides is 3. The van der Waals surface area contributed by atoms with Crippen LogP contribution < -0.4 is 0 Å². The van der Waals surface area contributed by atoms with E-state index in [2.05, 4.69) is 48.5 Å². The Hall–Kier alpha value is -1.32. The quantitative estimate of drug-likeness (QED) is 0.788. The maximum absolute atomic E-state index is 13.1. The van der Waals surface area contributed by atoms with Gasteiger partial charge in [0.25, 0.3) is 5.91 Å². The topological polar surface area (TPSA) is 40.6 Å². The Kier molecular flexibility index (Phi) is 5.47. The average Bonchev–Trinajstić information content (AvgIpc) is 2.43. The van der Waals surface area contributed by atoms with Gasteiger partial charge in [-0.2, -0.15) is 0 Å². The molecule has 0 aromatic carbocycles. The minimum atomic E-state index is -0.282. The van der Waals surface area contributed by atoms with Crippen LogP contribution in [-0.2, 0) is 4.79 Å². The van der Waals surface area contributed by atoms with E-state index in [1.54, 1.807) is 11.9 Å². The van der Waals surface area contributed by atoms with E-state index in [-0.39, 0.29) is 22.8 Å². The van der Waals surface area contributed by atoms with E-state index >= 15 is 0 Å². The molecule has 0 bridgehead atoms. The molecule has 0 aromatic heterocycles. The summed E-state index contributed by atoms with van der Waals surface area (Å²) in [6.07, 6.45) is 1.80. The maximum Gasteiger partial charge on any atom is 0.326 e. The molecule has 0 aliphatic carbocycles. The highest BCUT2D eigenvalue weighted by atomic mass is 16.2. The molecule has 0 unspecified atom stereocenters. The standard InChI is InChI=1S/C18H32N2O2/c1-9-10-11-20-15(21)14(18(5,6)7)13(17(2,3)4)12-19(8)16(20)22/h9-12H2,1-8H3. The Morgan fingerprint density at radius 3 is 1.95 bits per heavy atom. The van der Waals surface area contributed by atoms with Gasteiger partial charge in [-0.3, -0.25) is 9.69 Å². The summed E-state index contributed by atoms with van der Waals surface area (Å²) in [7, 11) is 1.78. The van der Waals surface area contributed by atoms with Crippen molar-refractivity contribution in [1.82, 2.24) is 9.80 Å². The van der Waals surface area contributed by atoms with Crippen molar-refractivity contribution in [3.63, 3.8) is 0 Å². The molecule has 0 spiro atoms. The van der Waals surface area contributed by atoms with Crippen molar-refractivity contribution in [1.29, 1.82) is 0 Å². The fraction of sp³-hybridized carbons (Fsp3) is 0.778. The number of imide groups is 1. The van der Waals surface area contributed by atoms with Gasteiger partial charge in [0.2, 0.25) is 0 Å². The van der Waals surface area contributed by atoms with Crippen LogP contribution in [0.2, 0.25) is 0 Å². The Bertz CT molecular complexity index is 478. The second-order valence-electron chi connectivity index (χ2n) is 8.30. The molecule has 4 heteroatoms. The predicted octanol–water partition coefficient (Wildman–Crippen LogP) is 4.07. The largest absolute Gasteiger partial charge is 0.326 e. The number of hydrogen-bond donors (Lipinski definition) is 0. The van der Waals surface area contributed by atoms with Crippen LogP contribution in [0.4, 0.5) is 4.79 Å². The smallest absolute Gasteiger partial charge is 0.323 e. The van der Waals surface area contributed by atoms with Crippen molar-refractivity contribution in [2.24, 2.45) is 10.8 Å². The Morgan fingerprint density at radius 1 is 1.00 bits per heavy atom. The highest BCUT2D eigenvalue weighted by Gasteiger charge is 2.40. The molecule has 0 radical (unpaired) electrons. The number of rotatable bonds is 3. The molecule has 0 saturated heterocycles. The molecule has 3 amide bonds. The molecular formula is C18H32N2O2. The van der Waals surface area contributed by atoms with E-state index < -0.39 is 0 Å². The SMILES string of the molecule is CCCCN1C(=O)C(C(C)(C)C)=C(C(C)(C)C)CN(C)C1=O. The van der Waals surface area contributed by atoms with Crippen molar-refractivity contribution in [2.75, 3.05) is 20.1 Å². The number of carbonyl (C=O) groups is 2. The van der Waals surface area contributed by atoms with Gasteiger partial charge < -0.3 is 4.90 Å². The van der Waals surface area contributed by atoms with E-state index in [4.69, 9.17) is 0 Å². The Balaban J connectivity index is 3.48. The van der Waals surface area contributed by atoms with E-state index in [0.717, 1.165) is 24.0 Å². The summed E-state index contributed by atoms with van der Waals surface area (Å²) in [5.74, 6) is -0.111. The van der Waals surface area contributed by atoms with Gasteiger partial charge in [0.1, 0.15) is 0 Å². The maximum atomic E-state index is 13.1. The molecule has 0 N–H and O–H groups in total. The summed E-state index contributed by atoms with van der Waals surface area (Å²) in [5.41, 5.74) is 1.44. The first-order valence-corrected chi connectivity index (χ1v) is 8.22. The molecule has 1 aliphatic rings. The normalized spacial score (nSPS) is 18.2. The van der Waals surface area contributed by atoms with Crippen LogP contribution in [0.3, 0.4) is 0 Å². The van der Waals surface area contributed by atoms with Crippen LogP contribution in [0, 0.1) is 10.8 Å². The molecule has 1 heterocycles. The summed E-state index contributed by atoms with van der Waals surface area (Å²) in [6, 6.07) is -0.181. The summed E-state index contributed by atoms with van der Waals surface area (Å²) < 4.78 is 0. The monoisotopic (exact) mass is 308 g/mol. The average molecular weight is 308 g/mol. The second kappa shape index (κ2) is 6.43.